The highest BCUT2D eigenvalue weighted by Gasteiger charge is 2.23. The summed E-state index contributed by atoms with van der Waals surface area (Å²) in [5.74, 6) is -0.335. The number of hydrogen-bond acceptors (Lipinski definition) is 6. The molecule has 0 spiro atoms. The summed E-state index contributed by atoms with van der Waals surface area (Å²) in [4.78, 5) is 21.7. The molecule has 1 aliphatic carbocycles. The molecule has 9 nitrogen and oxygen atoms in total. The molecule has 200 valence electrons. The number of nitrogens with two attached hydrogens (primary N) is 1. The number of rotatable bonds is 6. The van der Waals surface area contributed by atoms with Crippen LogP contribution in [0.15, 0.2) is 55.0 Å². The van der Waals surface area contributed by atoms with Crippen LogP contribution >= 0.6 is 0 Å². The van der Waals surface area contributed by atoms with Gasteiger partial charge in [0.25, 0.3) is 5.91 Å². The summed E-state index contributed by atoms with van der Waals surface area (Å²) in [6.45, 7) is 4.25. The van der Waals surface area contributed by atoms with Crippen molar-refractivity contribution in [2.24, 2.45) is 12.8 Å². The number of aliphatic hydroxyl groups is 1. The standard InChI is InChI=1S/C30H33N7O2/c1-17(2)27-26-23(19-14-18-11-13-36(3)29(18)33-16-19)10-12-32-30(26)37(35-27)21-6-9-24(28(31)39)25(15-21)34-20-4-7-22(38)8-5-20/h6,9-17,20,22,34,38H,4-5,7-8H2,1-3H3,(H2,31,39)/t20-,22-. The highest BCUT2D eigenvalue weighted by atomic mass is 16.3. The van der Waals surface area contributed by atoms with Crippen LogP contribution < -0.4 is 11.1 Å². The quantitative estimate of drug-likeness (QED) is 0.290. The number of primary amides is 1. The number of benzene rings is 1. The van der Waals surface area contributed by atoms with Crippen molar-refractivity contribution >= 4 is 33.7 Å². The van der Waals surface area contributed by atoms with Crippen molar-refractivity contribution in [3.8, 4) is 16.8 Å². The first-order valence-electron chi connectivity index (χ1n) is 13.5. The van der Waals surface area contributed by atoms with Crippen LogP contribution in [-0.4, -0.2) is 47.5 Å². The molecule has 9 heteroatoms. The van der Waals surface area contributed by atoms with Crippen LogP contribution in [0.25, 0.3) is 38.9 Å². The van der Waals surface area contributed by atoms with Crippen LogP contribution in [0.3, 0.4) is 0 Å². The third-order valence-corrected chi connectivity index (χ3v) is 7.73. The lowest BCUT2D eigenvalue weighted by atomic mass is 9.92. The Morgan fingerprint density at radius 2 is 1.87 bits per heavy atom. The fourth-order valence-corrected chi connectivity index (χ4v) is 5.63. The summed E-state index contributed by atoms with van der Waals surface area (Å²) in [5, 5.41) is 20.5. The van der Waals surface area contributed by atoms with Gasteiger partial charge < -0.3 is 20.7 Å². The summed E-state index contributed by atoms with van der Waals surface area (Å²) in [6, 6.07) is 11.9. The van der Waals surface area contributed by atoms with E-state index < -0.39 is 5.91 Å². The van der Waals surface area contributed by atoms with Gasteiger partial charge in [0.1, 0.15) is 5.65 Å². The van der Waals surface area contributed by atoms with Crippen LogP contribution in [0, 0.1) is 0 Å². The first-order chi connectivity index (χ1) is 18.8. The molecule has 4 aromatic heterocycles. The molecule has 0 saturated heterocycles. The van der Waals surface area contributed by atoms with E-state index in [4.69, 9.17) is 20.8 Å². The van der Waals surface area contributed by atoms with E-state index in [0.717, 1.165) is 70.3 Å². The minimum atomic E-state index is -0.489. The molecule has 1 aromatic carbocycles. The van der Waals surface area contributed by atoms with Crippen LogP contribution in [0.2, 0.25) is 0 Å². The Morgan fingerprint density at radius 3 is 2.62 bits per heavy atom. The van der Waals surface area contributed by atoms with E-state index in [1.807, 2.05) is 46.9 Å². The fraction of sp³-hybridized carbons (Fsp3) is 0.333. The maximum absolute atomic E-state index is 12.3. The average Bonchev–Trinajstić information content (AvgIpc) is 3.50. The molecule has 6 rings (SSSR count). The Labute approximate surface area is 226 Å². The van der Waals surface area contributed by atoms with Gasteiger partial charge in [0.2, 0.25) is 0 Å². The van der Waals surface area contributed by atoms with Crippen LogP contribution in [-0.2, 0) is 7.05 Å². The Bertz CT molecular complexity index is 1690. The minimum absolute atomic E-state index is 0.154. The van der Waals surface area contributed by atoms with E-state index in [-0.39, 0.29) is 18.1 Å². The van der Waals surface area contributed by atoms with Crippen molar-refractivity contribution < 1.29 is 9.90 Å². The summed E-state index contributed by atoms with van der Waals surface area (Å²) in [6.07, 6.45) is 8.60. The number of carbonyl (C=O) groups is 1. The molecule has 0 unspecified atom stereocenters. The van der Waals surface area contributed by atoms with Crippen molar-refractivity contribution in [2.45, 2.75) is 57.6 Å². The number of nitrogens with one attached hydrogen (secondary N) is 1. The van der Waals surface area contributed by atoms with Gasteiger partial charge in [-0.1, -0.05) is 13.8 Å². The van der Waals surface area contributed by atoms with Gasteiger partial charge in [-0.2, -0.15) is 5.10 Å². The zero-order valence-corrected chi connectivity index (χ0v) is 22.4. The lowest BCUT2D eigenvalue weighted by molar-refractivity contribution is 0.100. The molecule has 1 fully saturated rings. The first kappa shape index (κ1) is 25.1. The van der Waals surface area contributed by atoms with Gasteiger partial charge in [-0.3, -0.25) is 4.79 Å². The normalized spacial score (nSPS) is 17.8. The van der Waals surface area contributed by atoms with E-state index in [2.05, 4.69) is 31.3 Å². The predicted octanol–water partition coefficient (Wildman–Crippen LogP) is 4.91. The number of nitrogens with zero attached hydrogens (tertiary/aromatic N) is 5. The van der Waals surface area contributed by atoms with Crippen molar-refractivity contribution in [2.75, 3.05) is 5.32 Å². The Morgan fingerprint density at radius 1 is 1.08 bits per heavy atom. The molecule has 5 aromatic rings. The minimum Gasteiger partial charge on any atom is -0.393 e. The van der Waals surface area contributed by atoms with Crippen LogP contribution in [0.1, 0.15) is 61.5 Å². The van der Waals surface area contributed by atoms with Gasteiger partial charge in [-0.15, -0.1) is 0 Å². The lowest BCUT2D eigenvalue weighted by Crippen LogP contribution is -2.29. The average molecular weight is 524 g/mol. The van der Waals surface area contributed by atoms with Gasteiger partial charge in [0.05, 0.1) is 28.4 Å². The zero-order valence-electron chi connectivity index (χ0n) is 22.4. The van der Waals surface area contributed by atoms with E-state index >= 15 is 0 Å². The SMILES string of the molecule is CC(C)c1nn(-c2ccc(C(N)=O)c(N[C@H]3CC[C@H](O)CC3)c2)c2nccc(-c3cnc4c(ccn4C)c3)c12. The van der Waals surface area contributed by atoms with E-state index in [1.165, 1.54) is 0 Å². The second-order valence-electron chi connectivity index (χ2n) is 10.8. The molecular weight excluding hydrogens is 490 g/mol. The van der Waals surface area contributed by atoms with Crippen molar-refractivity contribution in [1.29, 1.82) is 0 Å². The largest absolute Gasteiger partial charge is 0.393 e. The van der Waals surface area contributed by atoms with Gasteiger partial charge >= 0.3 is 0 Å². The summed E-state index contributed by atoms with van der Waals surface area (Å²) in [5.41, 5.74) is 12.3. The monoisotopic (exact) mass is 523 g/mol. The van der Waals surface area contributed by atoms with E-state index in [0.29, 0.717) is 11.3 Å². The number of fused-ring (bicyclic) bond motifs is 2. The molecule has 0 aliphatic heterocycles. The van der Waals surface area contributed by atoms with E-state index in [1.54, 1.807) is 12.3 Å². The van der Waals surface area contributed by atoms with Gasteiger partial charge in [0, 0.05) is 48.3 Å². The highest BCUT2D eigenvalue weighted by molar-refractivity contribution is 6.00. The van der Waals surface area contributed by atoms with Crippen molar-refractivity contribution in [1.82, 2.24) is 24.3 Å². The predicted molar refractivity (Wildman–Crippen MR) is 153 cm³/mol. The van der Waals surface area contributed by atoms with Crippen LogP contribution in [0.4, 0.5) is 5.69 Å². The summed E-state index contributed by atoms with van der Waals surface area (Å²) in [7, 11) is 1.99. The smallest absolute Gasteiger partial charge is 0.250 e. The molecule has 39 heavy (non-hydrogen) atoms. The number of carbonyl (C=O) groups excluding carboxylic acids is 1. The molecule has 0 bridgehead atoms. The molecule has 4 N–H and O–H groups in total. The maximum atomic E-state index is 12.3. The number of pyridine rings is 2. The number of aliphatic hydroxyl groups excluding tert-OH is 1. The lowest BCUT2D eigenvalue weighted by Gasteiger charge is -2.27. The maximum Gasteiger partial charge on any atom is 0.250 e. The van der Waals surface area contributed by atoms with Gasteiger partial charge in [-0.25, -0.2) is 14.6 Å². The van der Waals surface area contributed by atoms with E-state index in [9.17, 15) is 9.90 Å². The Kier molecular flexibility index (Phi) is 6.31. The number of amides is 1. The number of hydrogen-bond donors (Lipinski definition) is 3. The number of anilines is 1. The first-order valence-corrected chi connectivity index (χ1v) is 13.5. The molecular formula is C30H33N7O2. The highest BCUT2D eigenvalue weighted by Crippen LogP contribution is 2.36. The Hall–Kier alpha value is -4.24. The topological polar surface area (TPSA) is 124 Å². The molecule has 1 saturated carbocycles. The van der Waals surface area contributed by atoms with Gasteiger partial charge in [-0.05, 0) is 73.6 Å². The number of aromatic nitrogens is 5. The van der Waals surface area contributed by atoms with Crippen molar-refractivity contribution in [3.05, 3.63) is 66.2 Å². The molecule has 0 atom stereocenters. The third kappa shape index (κ3) is 4.52. The van der Waals surface area contributed by atoms with Crippen LogP contribution in [0.5, 0.6) is 0 Å². The fourth-order valence-electron chi connectivity index (χ4n) is 5.63. The molecule has 1 amide bonds. The third-order valence-electron chi connectivity index (χ3n) is 7.73. The van der Waals surface area contributed by atoms with Gasteiger partial charge in [0.15, 0.2) is 5.65 Å². The molecule has 0 radical (unpaired) electrons. The second-order valence-corrected chi connectivity index (χ2v) is 10.8. The summed E-state index contributed by atoms with van der Waals surface area (Å²) >= 11 is 0. The van der Waals surface area contributed by atoms with Crippen molar-refractivity contribution in [3.63, 3.8) is 0 Å². The Balaban J connectivity index is 1.48. The summed E-state index contributed by atoms with van der Waals surface area (Å²) < 4.78 is 3.86. The molecule has 4 heterocycles. The number of aryl methyl sites for hydroxylation is 1. The second kappa shape index (κ2) is 9.81. The zero-order chi connectivity index (χ0) is 27.3. The molecule has 1 aliphatic rings.